The second kappa shape index (κ2) is 4.03. The van der Waals surface area contributed by atoms with Crippen LogP contribution in [0.25, 0.3) is 0 Å². The van der Waals surface area contributed by atoms with E-state index in [-0.39, 0.29) is 9.90 Å². The van der Waals surface area contributed by atoms with Gasteiger partial charge in [-0.25, -0.2) is 0 Å². The van der Waals surface area contributed by atoms with Crippen molar-refractivity contribution >= 4 is 18.5 Å². The van der Waals surface area contributed by atoms with Crippen LogP contribution in [-0.2, 0) is 0 Å². The van der Waals surface area contributed by atoms with E-state index in [9.17, 15) is 0 Å². The van der Waals surface area contributed by atoms with E-state index < -0.39 is 0 Å². The van der Waals surface area contributed by atoms with Crippen molar-refractivity contribution in [1.29, 1.82) is 0 Å². The Balaban J connectivity index is 0.000000250. The van der Waals surface area contributed by atoms with Crippen LogP contribution in [0, 0.1) is 0 Å². The first-order valence-corrected chi connectivity index (χ1v) is 3.62. The summed E-state index contributed by atoms with van der Waals surface area (Å²) in [5, 5.41) is 0. The molecule has 0 aromatic rings. The average Bonchev–Trinajstić information content (AvgIpc) is 1.76. The Bertz CT molecular complexity index is 17.1. The summed E-state index contributed by atoms with van der Waals surface area (Å²) in [4.78, 5) is 0. The molecule has 1 aliphatic rings. The Labute approximate surface area is 44.5 Å². The van der Waals surface area contributed by atoms with Gasteiger partial charge in [-0.05, 0) is 35.1 Å². The lowest BCUT2D eigenvalue weighted by molar-refractivity contribution is 0.949. The molecule has 2 heteroatoms. The molecule has 1 fully saturated rings. The van der Waals surface area contributed by atoms with Crippen molar-refractivity contribution in [2.24, 2.45) is 0 Å². The summed E-state index contributed by atoms with van der Waals surface area (Å²) in [6.45, 7) is 0. The molecular formula is C4H13P2+. The molecule has 0 N–H and O–H groups in total. The van der Waals surface area contributed by atoms with Crippen molar-refractivity contribution in [3.63, 3.8) is 0 Å². The van der Waals surface area contributed by atoms with Gasteiger partial charge in [0.2, 0.25) is 0 Å². The quantitative estimate of drug-likeness (QED) is 0.425. The van der Waals surface area contributed by atoms with Crippen LogP contribution in [-0.4, -0.2) is 12.3 Å². The summed E-state index contributed by atoms with van der Waals surface area (Å²) in [6.07, 6.45) is 6.08. The normalized spacial score (nSPS) is 20.0. The molecule has 0 radical (unpaired) electrons. The standard InChI is InChI=1S/C4H9P.H3P/c1-2-4-5-3-1;/h5H,1-4H2;1H3/p+1. The molecular weight excluding hydrogens is 110 g/mol. The maximum absolute atomic E-state index is 1.53. The largest absolute Gasteiger partial charge is 0.122 e. The summed E-state index contributed by atoms with van der Waals surface area (Å²) in [5.41, 5.74) is 0. The van der Waals surface area contributed by atoms with Gasteiger partial charge in [0.1, 0.15) is 0 Å². The number of hydrogen-bond acceptors (Lipinski definition) is 0. The molecule has 1 aliphatic heterocycles. The third-order valence-electron chi connectivity index (χ3n) is 0.957. The molecule has 0 nitrogen and oxygen atoms in total. The highest BCUT2D eigenvalue weighted by Gasteiger charge is 1.94. The van der Waals surface area contributed by atoms with Gasteiger partial charge in [0, 0.05) is 0 Å². The van der Waals surface area contributed by atoms with E-state index in [1.54, 1.807) is 0 Å². The maximum atomic E-state index is 1.53. The minimum absolute atomic E-state index is 0. The highest BCUT2D eigenvalue weighted by Crippen LogP contribution is 2.21. The van der Waals surface area contributed by atoms with E-state index >= 15 is 0 Å². The molecule has 6 heavy (non-hydrogen) atoms. The molecule has 1 unspecified atom stereocenters. The molecule has 1 saturated heterocycles. The number of hydrogen-bond donors (Lipinski definition) is 0. The second-order valence-corrected chi connectivity index (χ2v) is 2.96. The zero-order chi connectivity index (χ0) is 3.54. The van der Waals surface area contributed by atoms with E-state index in [2.05, 4.69) is 0 Å². The van der Waals surface area contributed by atoms with E-state index in [1.807, 2.05) is 0 Å². The van der Waals surface area contributed by atoms with Crippen molar-refractivity contribution in [1.82, 2.24) is 0 Å². The van der Waals surface area contributed by atoms with Crippen molar-refractivity contribution in [2.75, 3.05) is 12.3 Å². The number of rotatable bonds is 0. The summed E-state index contributed by atoms with van der Waals surface area (Å²) in [6, 6.07) is 0. The molecule has 0 aromatic carbocycles. The van der Waals surface area contributed by atoms with Crippen LogP contribution < -0.4 is 0 Å². The molecule has 1 rings (SSSR count). The highest BCUT2D eigenvalue weighted by atomic mass is 31.1. The fourth-order valence-electron chi connectivity index (χ4n) is 0.625. The molecule has 0 amide bonds. The van der Waals surface area contributed by atoms with E-state index in [0.29, 0.717) is 0 Å². The van der Waals surface area contributed by atoms with Crippen LogP contribution in [0.1, 0.15) is 12.8 Å². The highest BCUT2D eigenvalue weighted by molar-refractivity contribution is 7.38. The lowest BCUT2D eigenvalue weighted by atomic mass is 10.4. The Morgan fingerprint density at radius 2 is 1.50 bits per heavy atom. The van der Waals surface area contributed by atoms with Crippen LogP contribution >= 0.6 is 18.5 Å². The van der Waals surface area contributed by atoms with Gasteiger partial charge in [-0.2, -0.15) is 0 Å². The monoisotopic (exact) mass is 123 g/mol. The van der Waals surface area contributed by atoms with E-state index in [4.69, 9.17) is 0 Å². The molecule has 0 saturated carbocycles. The van der Waals surface area contributed by atoms with Crippen LogP contribution in [0.5, 0.6) is 0 Å². The lowest BCUT2D eigenvalue weighted by Crippen LogP contribution is -1.58. The second-order valence-electron chi connectivity index (χ2n) is 1.46. The summed E-state index contributed by atoms with van der Waals surface area (Å²) >= 11 is 0. The Hall–Kier alpha value is 0.860. The van der Waals surface area contributed by atoms with Gasteiger partial charge in [0.15, 0.2) is 0 Å². The zero-order valence-electron chi connectivity index (χ0n) is 4.33. The smallest absolute Gasteiger partial charge is 0.0353 e. The molecule has 38 valence electrons. The van der Waals surface area contributed by atoms with Crippen molar-refractivity contribution in [3.8, 4) is 0 Å². The molecule has 0 bridgehead atoms. The Kier molecular flexibility index (Phi) is 4.61. The Morgan fingerprint density at radius 1 is 1.00 bits per heavy atom. The van der Waals surface area contributed by atoms with E-state index in [0.717, 1.165) is 0 Å². The minimum atomic E-state index is 0. The van der Waals surface area contributed by atoms with Gasteiger partial charge in [-0.1, -0.05) is 0 Å². The van der Waals surface area contributed by atoms with E-state index in [1.165, 1.54) is 33.7 Å². The predicted octanol–water partition coefficient (Wildman–Crippen LogP) is 1.25. The maximum Gasteiger partial charge on any atom is -0.0353 e. The first-order chi connectivity index (χ1) is 2.50. The molecule has 0 aliphatic carbocycles. The lowest BCUT2D eigenvalue weighted by Gasteiger charge is -1.69. The summed E-state index contributed by atoms with van der Waals surface area (Å²) < 4.78 is 0. The van der Waals surface area contributed by atoms with Crippen molar-refractivity contribution in [2.45, 2.75) is 12.8 Å². The van der Waals surface area contributed by atoms with Crippen molar-refractivity contribution in [3.05, 3.63) is 0 Å². The van der Waals surface area contributed by atoms with Gasteiger partial charge < -0.3 is 0 Å². The topological polar surface area (TPSA) is 0 Å². The van der Waals surface area contributed by atoms with Crippen LogP contribution in [0.2, 0.25) is 0 Å². The molecule has 1 atom stereocenters. The van der Waals surface area contributed by atoms with Crippen LogP contribution in [0.4, 0.5) is 0 Å². The van der Waals surface area contributed by atoms with Gasteiger partial charge >= 0.3 is 0 Å². The SMILES string of the molecule is C1CCPC1.[PH4+]. The molecule has 1 heterocycles. The third kappa shape index (κ3) is 2.11. The zero-order valence-corrected chi connectivity index (χ0v) is 7.33. The third-order valence-corrected chi connectivity index (χ3v) is 2.37. The average molecular weight is 123 g/mol. The first-order valence-electron chi connectivity index (χ1n) is 2.21. The predicted molar refractivity (Wildman–Crippen MR) is 39.8 cm³/mol. The fraction of sp³-hybridized carbons (Fsp3) is 1.00. The van der Waals surface area contributed by atoms with Gasteiger partial charge in [0.25, 0.3) is 0 Å². The van der Waals surface area contributed by atoms with Gasteiger partial charge in [-0.3, -0.25) is 0 Å². The summed E-state index contributed by atoms with van der Waals surface area (Å²) in [5.74, 6) is 0. The van der Waals surface area contributed by atoms with Gasteiger partial charge in [0.05, 0.1) is 0 Å². The first kappa shape index (κ1) is 6.86. The molecule has 0 spiro atoms. The minimum Gasteiger partial charge on any atom is -0.122 e. The Morgan fingerprint density at radius 3 is 1.67 bits per heavy atom. The fourth-order valence-corrected chi connectivity index (χ4v) is 1.87. The van der Waals surface area contributed by atoms with Gasteiger partial charge in [-0.15, -0.1) is 8.58 Å². The molecule has 0 aromatic heterocycles. The van der Waals surface area contributed by atoms with Crippen LogP contribution in [0.15, 0.2) is 0 Å². The van der Waals surface area contributed by atoms with Crippen molar-refractivity contribution < 1.29 is 0 Å². The van der Waals surface area contributed by atoms with Crippen LogP contribution in [0.3, 0.4) is 0 Å². The summed E-state index contributed by atoms with van der Waals surface area (Å²) in [7, 11) is 1.31.